The van der Waals surface area contributed by atoms with E-state index < -0.39 is 0 Å². The second-order valence-corrected chi connectivity index (χ2v) is 13.0. The summed E-state index contributed by atoms with van der Waals surface area (Å²) in [6, 6.07) is 58.0. The Bertz CT molecular complexity index is 2140. The molecule has 0 amide bonds. The maximum atomic E-state index is 2.41. The molecule has 0 spiro atoms. The quantitative estimate of drug-likeness (QED) is 0.162. The van der Waals surface area contributed by atoms with Crippen LogP contribution in [-0.4, -0.2) is 0 Å². The predicted molar refractivity (Wildman–Crippen MR) is 230 cm³/mol. The Balaban J connectivity index is 0.00000112. The number of hydrogen-bond acceptors (Lipinski definition) is 2. The molecule has 0 aliphatic rings. The van der Waals surface area contributed by atoms with Gasteiger partial charge in [-0.1, -0.05) is 147 Å². The third kappa shape index (κ3) is 7.02. The van der Waals surface area contributed by atoms with Crippen LogP contribution in [0.15, 0.2) is 158 Å². The summed E-state index contributed by atoms with van der Waals surface area (Å²) in [5.74, 6) is 0. The zero-order valence-corrected chi connectivity index (χ0v) is 31.9. The van der Waals surface area contributed by atoms with Crippen LogP contribution in [0.25, 0.3) is 32.3 Å². The molecule has 0 atom stereocenters. The third-order valence-corrected chi connectivity index (χ3v) is 9.49. The summed E-state index contributed by atoms with van der Waals surface area (Å²) in [5, 5.41) is 7.36. The van der Waals surface area contributed by atoms with Crippen molar-refractivity contribution in [2.75, 3.05) is 9.80 Å². The molecule has 0 aliphatic heterocycles. The lowest BCUT2D eigenvalue weighted by molar-refractivity contribution is 1.28. The third-order valence-electron chi connectivity index (χ3n) is 9.49. The molecule has 2 heteroatoms. The largest absolute Gasteiger partial charge is 0.310 e. The van der Waals surface area contributed by atoms with Crippen molar-refractivity contribution in [1.82, 2.24) is 0 Å². The first-order valence-corrected chi connectivity index (χ1v) is 18.7. The van der Waals surface area contributed by atoms with Gasteiger partial charge in [-0.3, -0.25) is 0 Å². The summed E-state index contributed by atoms with van der Waals surface area (Å²) in [5.41, 5.74) is 11.9. The Kier molecular flexibility index (Phi) is 11.1. The van der Waals surface area contributed by atoms with Crippen LogP contribution in [0.4, 0.5) is 34.1 Å². The van der Waals surface area contributed by atoms with Crippen molar-refractivity contribution in [2.24, 2.45) is 0 Å². The van der Waals surface area contributed by atoms with Crippen LogP contribution >= 0.6 is 0 Å². The fourth-order valence-electron chi connectivity index (χ4n) is 6.91. The van der Waals surface area contributed by atoms with E-state index >= 15 is 0 Å². The van der Waals surface area contributed by atoms with Gasteiger partial charge in [0.2, 0.25) is 0 Å². The van der Waals surface area contributed by atoms with Crippen LogP contribution in [-0.2, 0) is 0 Å². The minimum absolute atomic E-state index is 1.14. The first-order chi connectivity index (χ1) is 25.4. The van der Waals surface area contributed by atoms with Crippen molar-refractivity contribution in [1.29, 1.82) is 0 Å². The minimum atomic E-state index is 1.14. The summed E-state index contributed by atoms with van der Waals surface area (Å²) in [6.07, 6.45) is 0. The van der Waals surface area contributed by atoms with E-state index in [9.17, 15) is 0 Å². The highest BCUT2D eigenvalue weighted by atomic mass is 15.1. The molecule has 2 nitrogen and oxygen atoms in total. The normalized spacial score (nSPS) is 10.7. The first-order valence-electron chi connectivity index (χ1n) is 18.7. The summed E-state index contributed by atoms with van der Waals surface area (Å²) in [6.45, 7) is 16.6. The highest BCUT2D eigenvalue weighted by Gasteiger charge is 2.22. The fraction of sp³-hybridized carbons (Fsp3) is 0.160. The molecule has 0 radical (unpaired) electrons. The van der Waals surface area contributed by atoms with Crippen LogP contribution in [0.1, 0.15) is 49.9 Å². The van der Waals surface area contributed by atoms with Crippen molar-refractivity contribution in [3.8, 4) is 0 Å². The SMILES string of the molecule is CC.CC.Cc1ccc(N(c2ccc(C)cc2)c2cc3c4ccccc4c(N(c4ccc(C)cc4)c4ccc(C)cc4)cc3c3ccccc23)cc1. The Morgan fingerprint density at radius 3 is 0.750 bits per heavy atom. The second-order valence-electron chi connectivity index (χ2n) is 13.0. The molecule has 260 valence electrons. The van der Waals surface area contributed by atoms with E-state index in [0.29, 0.717) is 0 Å². The van der Waals surface area contributed by atoms with Crippen LogP contribution in [0.2, 0.25) is 0 Å². The number of benzene rings is 8. The smallest absolute Gasteiger partial charge is 0.0546 e. The molecular formula is C50H50N2. The molecule has 8 aromatic carbocycles. The van der Waals surface area contributed by atoms with Gasteiger partial charge in [0, 0.05) is 33.5 Å². The maximum absolute atomic E-state index is 2.41. The summed E-state index contributed by atoms with van der Waals surface area (Å²) in [7, 11) is 0. The number of rotatable bonds is 6. The van der Waals surface area contributed by atoms with Crippen molar-refractivity contribution in [3.05, 3.63) is 180 Å². The van der Waals surface area contributed by atoms with Gasteiger partial charge in [0.05, 0.1) is 11.4 Å². The summed E-state index contributed by atoms with van der Waals surface area (Å²) in [4.78, 5) is 4.82. The number of hydrogen-bond donors (Lipinski definition) is 0. The van der Waals surface area contributed by atoms with E-state index in [1.807, 2.05) is 27.7 Å². The van der Waals surface area contributed by atoms with E-state index in [2.05, 4.69) is 195 Å². The minimum Gasteiger partial charge on any atom is -0.310 e. The van der Waals surface area contributed by atoms with Crippen LogP contribution in [0.3, 0.4) is 0 Å². The van der Waals surface area contributed by atoms with Crippen molar-refractivity contribution < 1.29 is 0 Å². The fourth-order valence-corrected chi connectivity index (χ4v) is 6.91. The predicted octanol–water partition coefficient (Wildman–Crippen LogP) is 15.4. The topological polar surface area (TPSA) is 6.48 Å². The molecule has 8 aromatic rings. The lowest BCUT2D eigenvalue weighted by Crippen LogP contribution is -2.12. The van der Waals surface area contributed by atoms with Crippen molar-refractivity contribution >= 4 is 66.4 Å². The molecule has 0 N–H and O–H groups in total. The Morgan fingerprint density at radius 2 is 0.500 bits per heavy atom. The van der Waals surface area contributed by atoms with Crippen LogP contribution in [0.5, 0.6) is 0 Å². The van der Waals surface area contributed by atoms with Gasteiger partial charge in [-0.05, 0) is 110 Å². The zero-order chi connectivity index (χ0) is 36.8. The first kappa shape index (κ1) is 35.9. The van der Waals surface area contributed by atoms with E-state index in [4.69, 9.17) is 0 Å². The number of fused-ring (bicyclic) bond motifs is 5. The Morgan fingerprint density at radius 1 is 0.269 bits per heavy atom. The average molecular weight is 679 g/mol. The molecular weight excluding hydrogens is 629 g/mol. The van der Waals surface area contributed by atoms with E-state index in [-0.39, 0.29) is 0 Å². The van der Waals surface area contributed by atoms with Crippen molar-refractivity contribution in [3.63, 3.8) is 0 Å². The van der Waals surface area contributed by atoms with Crippen LogP contribution < -0.4 is 9.80 Å². The molecule has 0 aliphatic carbocycles. The molecule has 0 unspecified atom stereocenters. The van der Waals surface area contributed by atoms with Gasteiger partial charge in [-0.25, -0.2) is 0 Å². The lowest BCUT2D eigenvalue weighted by atomic mass is 9.93. The van der Waals surface area contributed by atoms with Crippen molar-refractivity contribution in [2.45, 2.75) is 55.4 Å². The lowest BCUT2D eigenvalue weighted by Gasteiger charge is -2.30. The van der Waals surface area contributed by atoms with Crippen LogP contribution in [0, 0.1) is 27.7 Å². The molecule has 0 heterocycles. The molecule has 8 rings (SSSR count). The molecule has 0 saturated heterocycles. The maximum Gasteiger partial charge on any atom is 0.0546 e. The summed E-state index contributed by atoms with van der Waals surface area (Å²) < 4.78 is 0. The van der Waals surface area contributed by atoms with Gasteiger partial charge in [-0.2, -0.15) is 0 Å². The number of aryl methyl sites for hydroxylation is 4. The van der Waals surface area contributed by atoms with Gasteiger partial charge in [0.15, 0.2) is 0 Å². The Labute approximate surface area is 310 Å². The van der Waals surface area contributed by atoms with Gasteiger partial charge in [-0.15, -0.1) is 0 Å². The monoisotopic (exact) mass is 678 g/mol. The highest BCUT2D eigenvalue weighted by molar-refractivity contribution is 6.24. The molecule has 52 heavy (non-hydrogen) atoms. The zero-order valence-electron chi connectivity index (χ0n) is 31.9. The van der Waals surface area contributed by atoms with Gasteiger partial charge >= 0.3 is 0 Å². The molecule has 0 aromatic heterocycles. The summed E-state index contributed by atoms with van der Waals surface area (Å²) >= 11 is 0. The number of anilines is 6. The standard InChI is InChI=1S/C46H38N2.2C2H6/c1-31-13-21-35(22-14-31)47(36-23-15-32(2)16-24-36)45-29-43-40-10-6-8-12-42(40)46(30-44(43)39-9-5-7-11-41(39)45)48(37-25-17-33(3)18-26-37)38-27-19-34(4)20-28-38;2*1-2/h5-30H,1-4H3;2*1-2H3. The molecule has 0 bridgehead atoms. The average Bonchev–Trinajstić information content (AvgIpc) is 3.19. The molecule has 0 saturated carbocycles. The van der Waals surface area contributed by atoms with Gasteiger partial charge < -0.3 is 9.80 Å². The Hall–Kier alpha value is -5.86. The van der Waals surface area contributed by atoms with E-state index in [1.165, 1.54) is 54.6 Å². The highest BCUT2D eigenvalue weighted by Crippen LogP contribution is 2.47. The second kappa shape index (κ2) is 16.0. The number of nitrogens with zero attached hydrogens (tertiary/aromatic N) is 2. The van der Waals surface area contributed by atoms with Gasteiger partial charge in [0.25, 0.3) is 0 Å². The molecule has 0 fully saturated rings. The van der Waals surface area contributed by atoms with Gasteiger partial charge in [0.1, 0.15) is 0 Å². The van der Waals surface area contributed by atoms with E-state index in [0.717, 1.165) is 34.1 Å². The van der Waals surface area contributed by atoms with E-state index in [1.54, 1.807) is 0 Å².